The molecule has 0 aromatic heterocycles. The fourth-order valence-corrected chi connectivity index (χ4v) is 5.09. The number of hydrogen-bond donors (Lipinski definition) is 6. The molecule has 0 radical (unpaired) electrons. The van der Waals surface area contributed by atoms with Crippen LogP contribution in [0, 0.1) is 17.8 Å². The van der Waals surface area contributed by atoms with E-state index in [1.54, 1.807) is 42.5 Å². The lowest BCUT2D eigenvalue weighted by Crippen LogP contribution is -2.18. The number of anilines is 6. The van der Waals surface area contributed by atoms with Crippen molar-refractivity contribution in [3.05, 3.63) is 72.8 Å². The summed E-state index contributed by atoms with van der Waals surface area (Å²) in [7, 11) is 0. The molecule has 354 valence electrons. The highest BCUT2D eigenvalue weighted by molar-refractivity contribution is 5.99. The van der Waals surface area contributed by atoms with Gasteiger partial charge in [0.15, 0.2) is 0 Å². The van der Waals surface area contributed by atoms with Crippen LogP contribution in [0.25, 0.3) is 0 Å². The van der Waals surface area contributed by atoms with E-state index < -0.39 is 0 Å². The number of rotatable bonds is 18. The summed E-state index contributed by atoms with van der Waals surface area (Å²) in [6.07, 6.45) is 5.45. The van der Waals surface area contributed by atoms with Crippen LogP contribution in [0.2, 0.25) is 0 Å². The largest absolute Gasteiger partial charge is 0.326 e. The summed E-state index contributed by atoms with van der Waals surface area (Å²) in [5.74, 6) is 0.875. The van der Waals surface area contributed by atoms with Gasteiger partial charge in [-0.1, -0.05) is 122 Å². The van der Waals surface area contributed by atoms with Gasteiger partial charge < -0.3 is 31.9 Å². The number of amides is 6. The quantitative estimate of drug-likeness (QED) is 0.0741. The van der Waals surface area contributed by atoms with E-state index >= 15 is 0 Å². The first-order valence-electron chi connectivity index (χ1n) is 23.1. The molecule has 12 nitrogen and oxygen atoms in total. The fraction of sp³-hybridized carbons (Fsp3) is 0.529. The third-order valence-electron chi connectivity index (χ3n) is 7.57. The van der Waals surface area contributed by atoms with Gasteiger partial charge in [0.05, 0.1) is 11.4 Å². The predicted molar refractivity (Wildman–Crippen MR) is 268 cm³/mol. The summed E-state index contributed by atoms with van der Waals surface area (Å²) < 4.78 is 0. The van der Waals surface area contributed by atoms with Gasteiger partial charge in [-0.15, -0.1) is 0 Å². The molecule has 63 heavy (non-hydrogen) atoms. The average Bonchev–Trinajstić information content (AvgIpc) is 3.21. The van der Waals surface area contributed by atoms with Crippen molar-refractivity contribution in [1.29, 1.82) is 0 Å². The SMILES string of the molecule is CC.CC.CC.CC(C)CC(=O)Nc1ccccc1NC(=O)CC(C)C.CCCC(=O)Nc1ccc(NC(=O)CCC)cc1.CCCC(=O)Nc1cccc(NC(=O)CC(C)C)c1. The van der Waals surface area contributed by atoms with Crippen LogP contribution in [0.5, 0.6) is 0 Å². The summed E-state index contributed by atoms with van der Waals surface area (Å²) in [5.41, 5.74) is 4.22. The van der Waals surface area contributed by atoms with Crippen LogP contribution in [-0.4, -0.2) is 35.4 Å². The molecule has 3 aromatic carbocycles. The molecule has 0 bridgehead atoms. The Hall–Kier alpha value is -5.52. The van der Waals surface area contributed by atoms with E-state index in [2.05, 4.69) is 31.9 Å². The molecular weight excluding hydrogens is 793 g/mol. The molecule has 0 saturated carbocycles. The second-order valence-electron chi connectivity index (χ2n) is 15.0. The first-order chi connectivity index (χ1) is 30.0. The Balaban J connectivity index is -0.000000808. The Morgan fingerprint density at radius 1 is 0.365 bits per heavy atom. The van der Waals surface area contributed by atoms with Gasteiger partial charge in [0.25, 0.3) is 0 Å². The van der Waals surface area contributed by atoms with E-state index in [1.807, 2.05) is 134 Å². The summed E-state index contributed by atoms with van der Waals surface area (Å²) in [6.45, 7) is 29.9. The first-order valence-corrected chi connectivity index (χ1v) is 23.1. The van der Waals surface area contributed by atoms with Crippen molar-refractivity contribution in [3.8, 4) is 0 Å². The standard InChI is InChI=1S/C16H24N2O2.C15H22N2O2.C14H20N2O2.3C2H6/c1-11(2)9-15(19)17-13-7-5-6-8-14(13)18-16(20)10-12(3)4;1-4-6-14(18)16-12-7-5-8-13(10-12)17-15(19)9-11(2)3;1-3-5-13(17)15-11-7-9-12(10-8-11)16-14(18)6-4-2;3*1-2/h5-8,11-12H,9-10H2,1-4H3,(H,17,19)(H,18,20);5,7-8,10-11H,4,6,9H2,1-3H3,(H,16,18)(H,17,19);7-10H,3-6H2,1-2H3,(H,15,17)(H,16,18);3*1-2H3. The zero-order valence-electron chi connectivity index (χ0n) is 41.5. The molecule has 0 fully saturated rings. The first kappa shape index (κ1) is 61.8. The molecule has 0 saturated heterocycles. The zero-order valence-corrected chi connectivity index (χ0v) is 41.5. The minimum absolute atomic E-state index is 0.00634. The van der Waals surface area contributed by atoms with Gasteiger partial charge >= 0.3 is 0 Å². The maximum Gasteiger partial charge on any atom is 0.224 e. The normalized spacial score (nSPS) is 9.62. The molecular formula is C51H84N6O6. The molecule has 0 aliphatic rings. The number of nitrogens with one attached hydrogen (secondary N) is 6. The summed E-state index contributed by atoms with van der Waals surface area (Å²) in [4.78, 5) is 69.5. The molecule has 0 spiro atoms. The van der Waals surface area contributed by atoms with Crippen LogP contribution in [0.1, 0.15) is 162 Å². The zero-order chi connectivity index (χ0) is 48.8. The average molecular weight is 877 g/mol. The van der Waals surface area contributed by atoms with E-state index in [0.717, 1.165) is 30.6 Å². The number of benzene rings is 3. The van der Waals surface area contributed by atoms with Crippen LogP contribution < -0.4 is 31.9 Å². The van der Waals surface area contributed by atoms with Crippen molar-refractivity contribution < 1.29 is 28.8 Å². The number of hydrogen-bond acceptors (Lipinski definition) is 6. The summed E-state index contributed by atoms with van der Waals surface area (Å²) >= 11 is 0. The highest BCUT2D eigenvalue weighted by Gasteiger charge is 2.12. The van der Waals surface area contributed by atoms with Crippen molar-refractivity contribution in [3.63, 3.8) is 0 Å². The highest BCUT2D eigenvalue weighted by atomic mass is 16.2. The van der Waals surface area contributed by atoms with E-state index in [-0.39, 0.29) is 35.4 Å². The number of para-hydroxylation sites is 2. The second-order valence-corrected chi connectivity index (χ2v) is 15.0. The topological polar surface area (TPSA) is 175 Å². The Labute approximate surface area is 381 Å². The molecule has 0 aliphatic carbocycles. The van der Waals surface area contributed by atoms with Gasteiger partial charge in [0.1, 0.15) is 0 Å². The Morgan fingerprint density at radius 3 is 0.921 bits per heavy atom. The van der Waals surface area contributed by atoms with E-state index in [9.17, 15) is 28.8 Å². The molecule has 6 N–H and O–H groups in total. The molecule has 0 unspecified atom stereocenters. The molecule has 6 amide bonds. The van der Waals surface area contributed by atoms with Crippen LogP contribution in [0.15, 0.2) is 72.8 Å². The molecule has 0 atom stereocenters. The maximum absolute atomic E-state index is 11.8. The molecule has 3 aromatic rings. The fourth-order valence-electron chi connectivity index (χ4n) is 5.09. The molecule has 0 aliphatic heterocycles. The van der Waals surface area contributed by atoms with Crippen LogP contribution in [0.4, 0.5) is 34.1 Å². The Bertz CT molecular complexity index is 1620. The number of carbonyl (C=O) groups is 6. The molecule has 3 rings (SSSR count). The lowest BCUT2D eigenvalue weighted by Gasteiger charge is -2.13. The van der Waals surface area contributed by atoms with Crippen molar-refractivity contribution in [1.82, 2.24) is 0 Å². The monoisotopic (exact) mass is 877 g/mol. The van der Waals surface area contributed by atoms with Gasteiger partial charge in [-0.25, -0.2) is 0 Å². The van der Waals surface area contributed by atoms with Gasteiger partial charge in [-0.05, 0) is 91.6 Å². The minimum Gasteiger partial charge on any atom is -0.326 e. The van der Waals surface area contributed by atoms with Crippen LogP contribution in [-0.2, 0) is 28.8 Å². The molecule has 12 heteroatoms. The van der Waals surface area contributed by atoms with Gasteiger partial charge in [-0.2, -0.15) is 0 Å². The van der Waals surface area contributed by atoms with Crippen molar-refractivity contribution in [2.45, 2.75) is 162 Å². The maximum atomic E-state index is 11.8. The van der Waals surface area contributed by atoms with Gasteiger partial charge in [-0.3, -0.25) is 28.8 Å². The van der Waals surface area contributed by atoms with Crippen LogP contribution >= 0.6 is 0 Å². The van der Waals surface area contributed by atoms with Crippen LogP contribution in [0.3, 0.4) is 0 Å². The van der Waals surface area contributed by atoms with Gasteiger partial charge in [0, 0.05) is 61.3 Å². The van der Waals surface area contributed by atoms with E-state index in [0.29, 0.717) is 79.0 Å². The second kappa shape index (κ2) is 39.3. The number of carbonyl (C=O) groups excluding carboxylic acids is 6. The van der Waals surface area contributed by atoms with Crippen molar-refractivity contribution in [2.75, 3.05) is 31.9 Å². The lowest BCUT2D eigenvalue weighted by atomic mass is 10.1. The van der Waals surface area contributed by atoms with Crippen molar-refractivity contribution in [2.24, 2.45) is 17.8 Å². The summed E-state index contributed by atoms with van der Waals surface area (Å²) in [6, 6.07) is 21.6. The minimum atomic E-state index is -0.0365. The van der Waals surface area contributed by atoms with Gasteiger partial charge in [0.2, 0.25) is 35.4 Å². The van der Waals surface area contributed by atoms with E-state index in [4.69, 9.17) is 0 Å². The molecule has 0 heterocycles. The smallest absolute Gasteiger partial charge is 0.224 e. The third kappa shape index (κ3) is 33.7. The lowest BCUT2D eigenvalue weighted by molar-refractivity contribution is -0.117. The van der Waals surface area contributed by atoms with E-state index in [1.165, 1.54) is 0 Å². The third-order valence-corrected chi connectivity index (χ3v) is 7.57. The predicted octanol–water partition coefficient (Wildman–Crippen LogP) is 13.3. The highest BCUT2D eigenvalue weighted by Crippen LogP contribution is 2.22. The Morgan fingerprint density at radius 2 is 0.635 bits per heavy atom. The Kier molecular flexibility index (Phi) is 38.6. The summed E-state index contributed by atoms with van der Waals surface area (Å²) in [5, 5.41) is 16.9. The van der Waals surface area contributed by atoms with Crippen molar-refractivity contribution >= 4 is 69.6 Å².